The van der Waals surface area contributed by atoms with E-state index in [1.807, 2.05) is 6.92 Å². The molecule has 0 aromatic heterocycles. The van der Waals surface area contributed by atoms with Crippen LogP contribution in [0.4, 0.5) is 0 Å². The molecular formula is C15H18O4. The van der Waals surface area contributed by atoms with Crippen molar-refractivity contribution in [2.24, 2.45) is 0 Å². The van der Waals surface area contributed by atoms with E-state index in [4.69, 9.17) is 9.47 Å². The molecule has 2 rings (SSSR count). The molecule has 2 atom stereocenters. The number of hydrogen-bond acceptors (Lipinski definition) is 4. The fourth-order valence-electron chi connectivity index (χ4n) is 2.27. The zero-order valence-corrected chi connectivity index (χ0v) is 11.1. The summed E-state index contributed by atoms with van der Waals surface area (Å²) in [7, 11) is 0. The van der Waals surface area contributed by atoms with Crippen LogP contribution in [0.25, 0.3) is 0 Å². The molecule has 19 heavy (non-hydrogen) atoms. The van der Waals surface area contributed by atoms with E-state index in [-0.39, 0.29) is 24.1 Å². The minimum Gasteiger partial charge on any atom is -0.455 e. The van der Waals surface area contributed by atoms with Crippen molar-refractivity contribution in [2.45, 2.75) is 44.8 Å². The van der Waals surface area contributed by atoms with E-state index in [1.54, 1.807) is 18.2 Å². The molecule has 2 aliphatic heterocycles. The predicted molar refractivity (Wildman–Crippen MR) is 70.3 cm³/mol. The van der Waals surface area contributed by atoms with Gasteiger partial charge >= 0.3 is 11.9 Å². The Balaban J connectivity index is 2.01. The van der Waals surface area contributed by atoms with Crippen LogP contribution in [0.15, 0.2) is 36.0 Å². The highest BCUT2D eigenvalue weighted by Crippen LogP contribution is 2.25. The summed E-state index contributed by atoms with van der Waals surface area (Å²) in [6, 6.07) is 0. The van der Waals surface area contributed by atoms with Gasteiger partial charge in [-0.25, -0.2) is 9.59 Å². The Bertz CT molecular complexity index is 459. The number of rotatable bonds is 2. The predicted octanol–water partition coefficient (Wildman–Crippen LogP) is 2.46. The molecule has 0 radical (unpaired) electrons. The first-order chi connectivity index (χ1) is 9.13. The average molecular weight is 262 g/mol. The summed E-state index contributed by atoms with van der Waals surface area (Å²) in [5.41, 5.74) is 1.30. The van der Waals surface area contributed by atoms with Gasteiger partial charge in [0, 0.05) is 11.1 Å². The van der Waals surface area contributed by atoms with Crippen LogP contribution in [0.1, 0.15) is 32.6 Å². The van der Waals surface area contributed by atoms with Crippen LogP contribution in [0.5, 0.6) is 0 Å². The largest absolute Gasteiger partial charge is 0.455 e. The Morgan fingerprint density at radius 1 is 1.05 bits per heavy atom. The van der Waals surface area contributed by atoms with E-state index in [0.29, 0.717) is 30.4 Å². The fourth-order valence-corrected chi connectivity index (χ4v) is 2.27. The van der Waals surface area contributed by atoms with Gasteiger partial charge in [-0.1, -0.05) is 18.7 Å². The third-order valence-corrected chi connectivity index (χ3v) is 3.44. The smallest absolute Gasteiger partial charge is 0.334 e. The average Bonchev–Trinajstić information content (AvgIpc) is 2.41. The number of carbonyl (C=O) groups is 2. The molecule has 4 nitrogen and oxygen atoms in total. The molecule has 0 saturated carbocycles. The molecule has 2 fully saturated rings. The van der Waals surface area contributed by atoms with Crippen molar-refractivity contribution >= 4 is 11.9 Å². The molecule has 0 spiro atoms. The summed E-state index contributed by atoms with van der Waals surface area (Å²) in [4.78, 5) is 23.4. The van der Waals surface area contributed by atoms with Crippen LogP contribution in [-0.2, 0) is 19.1 Å². The maximum Gasteiger partial charge on any atom is 0.334 e. The van der Waals surface area contributed by atoms with Gasteiger partial charge in [0.25, 0.3) is 0 Å². The van der Waals surface area contributed by atoms with Gasteiger partial charge in [-0.3, -0.25) is 0 Å². The lowest BCUT2D eigenvalue weighted by atomic mass is 9.98. The van der Waals surface area contributed by atoms with Crippen LogP contribution < -0.4 is 0 Å². The van der Waals surface area contributed by atoms with Gasteiger partial charge in [0.1, 0.15) is 12.2 Å². The lowest BCUT2D eigenvalue weighted by Crippen LogP contribution is -2.28. The lowest BCUT2D eigenvalue weighted by molar-refractivity contribution is -0.147. The van der Waals surface area contributed by atoms with E-state index >= 15 is 0 Å². The van der Waals surface area contributed by atoms with Gasteiger partial charge < -0.3 is 9.47 Å². The Labute approximate surface area is 112 Å². The van der Waals surface area contributed by atoms with Crippen molar-refractivity contribution in [1.82, 2.24) is 0 Å². The van der Waals surface area contributed by atoms with Gasteiger partial charge in [-0.05, 0) is 38.7 Å². The van der Waals surface area contributed by atoms with E-state index in [2.05, 4.69) is 6.58 Å². The number of allylic oxidation sites excluding steroid dienone is 1. The molecule has 2 saturated heterocycles. The minimum absolute atomic E-state index is 0.201. The molecule has 102 valence electrons. The first kappa shape index (κ1) is 13.6. The third-order valence-electron chi connectivity index (χ3n) is 3.44. The number of esters is 2. The minimum atomic E-state index is -0.330. The summed E-state index contributed by atoms with van der Waals surface area (Å²) in [5, 5.41) is 0. The van der Waals surface area contributed by atoms with E-state index in [1.165, 1.54) is 0 Å². The van der Waals surface area contributed by atoms with Crippen LogP contribution in [0.2, 0.25) is 0 Å². The van der Waals surface area contributed by atoms with Gasteiger partial charge in [0.2, 0.25) is 0 Å². The lowest BCUT2D eigenvalue weighted by Gasteiger charge is -2.25. The van der Waals surface area contributed by atoms with E-state index < -0.39 is 0 Å². The van der Waals surface area contributed by atoms with E-state index in [9.17, 15) is 9.59 Å². The molecule has 2 aliphatic rings. The van der Waals surface area contributed by atoms with Gasteiger partial charge in [-0.2, -0.15) is 0 Å². The van der Waals surface area contributed by atoms with Crippen molar-refractivity contribution in [3.8, 4) is 0 Å². The highest BCUT2D eigenvalue weighted by atomic mass is 16.6. The molecule has 0 aromatic rings. The first-order valence-corrected chi connectivity index (χ1v) is 6.54. The van der Waals surface area contributed by atoms with Gasteiger partial charge in [0.15, 0.2) is 0 Å². The van der Waals surface area contributed by atoms with Gasteiger partial charge in [0.05, 0.1) is 0 Å². The maximum absolute atomic E-state index is 11.7. The second-order valence-electron chi connectivity index (χ2n) is 4.71. The Morgan fingerprint density at radius 3 is 2.21 bits per heavy atom. The highest BCUT2D eigenvalue weighted by molar-refractivity contribution is 5.91. The molecule has 0 bridgehead atoms. The topological polar surface area (TPSA) is 52.6 Å². The Morgan fingerprint density at radius 2 is 1.63 bits per heavy atom. The second-order valence-corrected chi connectivity index (χ2v) is 4.71. The molecule has 4 heteroatoms. The summed E-state index contributed by atoms with van der Waals surface area (Å²) < 4.78 is 10.5. The fraction of sp³-hybridized carbons (Fsp3) is 0.467. The first-order valence-electron chi connectivity index (χ1n) is 6.54. The van der Waals surface area contributed by atoms with Crippen molar-refractivity contribution in [2.75, 3.05) is 0 Å². The molecule has 0 aliphatic carbocycles. The summed E-state index contributed by atoms with van der Waals surface area (Å²) in [6.45, 7) is 5.44. The van der Waals surface area contributed by atoms with Crippen molar-refractivity contribution < 1.29 is 19.1 Å². The van der Waals surface area contributed by atoms with E-state index in [0.717, 1.165) is 6.42 Å². The molecule has 0 aromatic carbocycles. The second kappa shape index (κ2) is 5.87. The van der Waals surface area contributed by atoms with Crippen molar-refractivity contribution in [1.29, 1.82) is 0 Å². The quantitative estimate of drug-likeness (QED) is 0.436. The normalized spacial score (nSPS) is 32.1. The van der Waals surface area contributed by atoms with Crippen molar-refractivity contribution in [3.05, 3.63) is 36.0 Å². The number of cyclic esters (lactones) is 2. The Hall–Kier alpha value is -1.84. The van der Waals surface area contributed by atoms with Crippen LogP contribution in [-0.4, -0.2) is 24.1 Å². The highest BCUT2D eigenvalue weighted by Gasteiger charge is 2.27. The van der Waals surface area contributed by atoms with Crippen LogP contribution in [0.3, 0.4) is 0 Å². The molecule has 0 amide bonds. The molecule has 0 N–H and O–H groups in total. The summed E-state index contributed by atoms with van der Waals surface area (Å²) in [6.07, 6.45) is 7.39. The zero-order valence-electron chi connectivity index (χ0n) is 11.1. The van der Waals surface area contributed by atoms with Crippen LogP contribution in [0, 0.1) is 0 Å². The zero-order chi connectivity index (χ0) is 13.8. The molecular weight excluding hydrogens is 244 g/mol. The molecule has 2 heterocycles. The van der Waals surface area contributed by atoms with Crippen molar-refractivity contribution in [3.63, 3.8) is 0 Å². The summed E-state index contributed by atoms with van der Waals surface area (Å²) >= 11 is 0. The standard InChI is InChI=1S/C15H18O4/c1-3-10-5-8-13(19-14(10)16)9-11-6-7-12(4-2)18-15(11)17/h3-4,9,12-13H,2,5-8H2,1H3/b10-3+,11-9+. The monoisotopic (exact) mass is 262 g/mol. The Kier molecular flexibility index (Phi) is 4.20. The number of hydrogen-bond donors (Lipinski definition) is 0. The molecule has 2 unspecified atom stereocenters. The SMILES string of the molecule is C=CC1CC/C(=C\C2CC/C(=C\C)C(=O)O2)C(=O)O1. The number of carbonyl (C=O) groups excluding carboxylic acids is 2. The maximum atomic E-state index is 11.7. The van der Waals surface area contributed by atoms with Gasteiger partial charge in [-0.15, -0.1) is 0 Å². The summed E-state index contributed by atoms with van der Waals surface area (Å²) in [5.74, 6) is -0.618. The third kappa shape index (κ3) is 3.13. The van der Waals surface area contributed by atoms with Crippen LogP contribution >= 0.6 is 0 Å². The number of ether oxygens (including phenoxy) is 2.